The standard InChI is InChI=1S/C20H29ClN4O2S/c1-16(26)24-7-5-19(6-8-24)25(10-9-23-11-13-27-14-12-23)20(28)22-18-4-2-3-17(21)15-18/h2-4,15,19H,5-14H2,1H3,(H,22,28). The summed E-state index contributed by atoms with van der Waals surface area (Å²) in [5, 5.41) is 4.75. The molecule has 1 aromatic carbocycles. The van der Waals surface area contributed by atoms with E-state index in [0.717, 1.165) is 76.1 Å². The Hall–Kier alpha value is -1.41. The largest absolute Gasteiger partial charge is 0.379 e. The highest BCUT2D eigenvalue weighted by Gasteiger charge is 2.27. The molecule has 2 heterocycles. The van der Waals surface area contributed by atoms with Crippen LogP contribution in [0.5, 0.6) is 0 Å². The molecule has 3 rings (SSSR count). The lowest BCUT2D eigenvalue weighted by Crippen LogP contribution is -2.52. The van der Waals surface area contributed by atoms with E-state index < -0.39 is 0 Å². The number of hydrogen-bond acceptors (Lipinski definition) is 4. The molecule has 154 valence electrons. The van der Waals surface area contributed by atoms with E-state index in [1.54, 1.807) is 6.92 Å². The van der Waals surface area contributed by atoms with E-state index in [1.807, 2.05) is 29.2 Å². The third-order valence-electron chi connectivity index (χ3n) is 5.45. The summed E-state index contributed by atoms with van der Waals surface area (Å²) in [5.41, 5.74) is 0.898. The van der Waals surface area contributed by atoms with Crippen molar-refractivity contribution in [3.63, 3.8) is 0 Å². The van der Waals surface area contributed by atoms with E-state index in [0.29, 0.717) is 11.1 Å². The molecule has 8 heteroatoms. The summed E-state index contributed by atoms with van der Waals surface area (Å²) < 4.78 is 5.45. The molecule has 0 aliphatic carbocycles. The van der Waals surface area contributed by atoms with Gasteiger partial charge in [-0.05, 0) is 43.3 Å². The summed E-state index contributed by atoms with van der Waals surface area (Å²) in [6.07, 6.45) is 1.86. The molecule has 0 saturated carbocycles. The third-order valence-corrected chi connectivity index (χ3v) is 6.02. The van der Waals surface area contributed by atoms with Gasteiger partial charge in [-0.3, -0.25) is 9.69 Å². The molecule has 0 spiro atoms. The van der Waals surface area contributed by atoms with Gasteiger partial charge >= 0.3 is 0 Å². The molecule has 0 bridgehead atoms. The predicted molar refractivity (Wildman–Crippen MR) is 117 cm³/mol. The number of anilines is 1. The zero-order chi connectivity index (χ0) is 19.9. The lowest BCUT2D eigenvalue weighted by molar-refractivity contribution is -0.130. The van der Waals surface area contributed by atoms with Gasteiger partial charge in [-0.2, -0.15) is 0 Å². The molecular formula is C20H29ClN4O2S. The smallest absolute Gasteiger partial charge is 0.219 e. The molecule has 2 saturated heterocycles. The molecule has 28 heavy (non-hydrogen) atoms. The fourth-order valence-electron chi connectivity index (χ4n) is 3.78. The number of thiocarbonyl (C=S) groups is 1. The number of carbonyl (C=O) groups is 1. The van der Waals surface area contributed by atoms with Crippen molar-refractivity contribution in [1.82, 2.24) is 14.7 Å². The summed E-state index contributed by atoms with van der Waals surface area (Å²) in [4.78, 5) is 18.3. The van der Waals surface area contributed by atoms with Gasteiger partial charge in [-0.1, -0.05) is 17.7 Å². The molecule has 0 radical (unpaired) electrons. The zero-order valence-corrected chi connectivity index (χ0v) is 18.0. The highest BCUT2D eigenvalue weighted by molar-refractivity contribution is 7.80. The Labute approximate surface area is 177 Å². The highest BCUT2D eigenvalue weighted by Crippen LogP contribution is 2.20. The van der Waals surface area contributed by atoms with E-state index in [9.17, 15) is 4.79 Å². The molecule has 1 aromatic rings. The maximum Gasteiger partial charge on any atom is 0.219 e. The van der Waals surface area contributed by atoms with Crippen LogP contribution < -0.4 is 5.32 Å². The van der Waals surface area contributed by atoms with E-state index >= 15 is 0 Å². The van der Waals surface area contributed by atoms with E-state index in [1.165, 1.54) is 0 Å². The van der Waals surface area contributed by atoms with Gasteiger partial charge in [0.2, 0.25) is 5.91 Å². The number of carbonyl (C=O) groups excluding carboxylic acids is 1. The Morgan fingerprint density at radius 3 is 2.64 bits per heavy atom. The first kappa shape index (κ1) is 21.3. The van der Waals surface area contributed by atoms with Crippen LogP contribution in [-0.4, -0.2) is 84.2 Å². The van der Waals surface area contributed by atoms with Crippen molar-refractivity contribution in [3.8, 4) is 0 Å². The van der Waals surface area contributed by atoms with Gasteiger partial charge in [0.15, 0.2) is 5.11 Å². The zero-order valence-electron chi connectivity index (χ0n) is 16.4. The number of nitrogens with one attached hydrogen (secondary N) is 1. The number of nitrogens with zero attached hydrogens (tertiary/aromatic N) is 3. The Kier molecular flexibility index (Phi) is 7.91. The lowest BCUT2D eigenvalue weighted by Gasteiger charge is -2.40. The van der Waals surface area contributed by atoms with E-state index in [-0.39, 0.29) is 5.91 Å². The second-order valence-corrected chi connectivity index (χ2v) is 8.15. The minimum Gasteiger partial charge on any atom is -0.379 e. The number of likely N-dealkylation sites (tertiary alicyclic amines) is 1. The topological polar surface area (TPSA) is 48.1 Å². The molecule has 0 unspecified atom stereocenters. The van der Waals surface area contributed by atoms with Gasteiger partial charge in [-0.25, -0.2) is 0 Å². The second kappa shape index (κ2) is 10.4. The molecular weight excluding hydrogens is 396 g/mol. The number of ether oxygens (including phenoxy) is 1. The molecule has 1 amide bonds. The summed E-state index contributed by atoms with van der Waals surface area (Å²) in [5.74, 6) is 0.151. The monoisotopic (exact) mass is 424 g/mol. The van der Waals surface area contributed by atoms with Gasteiger partial charge in [0, 0.05) is 62.9 Å². The van der Waals surface area contributed by atoms with Crippen LogP contribution in [0.4, 0.5) is 5.69 Å². The van der Waals surface area contributed by atoms with Crippen LogP contribution >= 0.6 is 23.8 Å². The SMILES string of the molecule is CC(=O)N1CCC(N(CCN2CCOCC2)C(=S)Nc2cccc(Cl)c2)CC1. The van der Waals surface area contributed by atoms with Crippen molar-refractivity contribution in [2.75, 3.05) is 57.8 Å². The quantitative estimate of drug-likeness (QED) is 0.733. The third kappa shape index (κ3) is 6.04. The minimum absolute atomic E-state index is 0.151. The molecule has 0 atom stereocenters. The predicted octanol–water partition coefficient (Wildman–Crippen LogP) is 2.68. The minimum atomic E-state index is 0.151. The first-order valence-electron chi connectivity index (χ1n) is 9.92. The van der Waals surface area contributed by atoms with Crippen molar-refractivity contribution in [3.05, 3.63) is 29.3 Å². The Balaban J connectivity index is 1.64. The summed E-state index contributed by atoms with van der Waals surface area (Å²) >= 11 is 11.9. The number of morpholine rings is 1. The van der Waals surface area contributed by atoms with Crippen LogP contribution in [0.2, 0.25) is 5.02 Å². The summed E-state index contributed by atoms with van der Waals surface area (Å²) in [6, 6.07) is 7.94. The highest BCUT2D eigenvalue weighted by atomic mass is 35.5. The molecule has 1 N–H and O–H groups in total. The van der Waals surface area contributed by atoms with Crippen LogP contribution in [0.3, 0.4) is 0 Å². The number of hydrogen-bond donors (Lipinski definition) is 1. The number of benzene rings is 1. The molecule has 2 aliphatic rings. The Morgan fingerprint density at radius 1 is 1.29 bits per heavy atom. The van der Waals surface area contributed by atoms with Crippen molar-refractivity contribution < 1.29 is 9.53 Å². The Morgan fingerprint density at radius 2 is 2.00 bits per heavy atom. The van der Waals surface area contributed by atoms with Crippen molar-refractivity contribution in [1.29, 1.82) is 0 Å². The first-order valence-corrected chi connectivity index (χ1v) is 10.7. The van der Waals surface area contributed by atoms with Crippen LogP contribution in [0.25, 0.3) is 0 Å². The van der Waals surface area contributed by atoms with Gasteiger partial charge in [0.05, 0.1) is 13.2 Å². The molecule has 2 aliphatic heterocycles. The normalized spacial score (nSPS) is 18.7. The van der Waals surface area contributed by atoms with E-state index in [4.69, 9.17) is 28.6 Å². The van der Waals surface area contributed by atoms with E-state index in [2.05, 4.69) is 15.1 Å². The maximum atomic E-state index is 11.7. The average Bonchev–Trinajstić information content (AvgIpc) is 2.69. The van der Waals surface area contributed by atoms with Crippen LogP contribution in [0.1, 0.15) is 19.8 Å². The molecule has 6 nitrogen and oxygen atoms in total. The van der Waals surface area contributed by atoms with Gasteiger partial charge in [-0.15, -0.1) is 0 Å². The maximum absolute atomic E-state index is 11.7. The summed E-state index contributed by atoms with van der Waals surface area (Å²) in [6.45, 7) is 8.54. The van der Waals surface area contributed by atoms with Crippen LogP contribution in [-0.2, 0) is 9.53 Å². The number of amides is 1. The van der Waals surface area contributed by atoms with Crippen molar-refractivity contribution in [2.45, 2.75) is 25.8 Å². The molecule has 0 aromatic heterocycles. The number of rotatable bonds is 5. The number of piperidine rings is 1. The number of halogens is 1. The second-order valence-electron chi connectivity index (χ2n) is 7.33. The lowest BCUT2D eigenvalue weighted by atomic mass is 10.0. The fourth-order valence-corrected chi connectivity index (χ4v) is 4.33. The van der Waals surface area contributed by atoms with Gasteiger partial charge in [0.25, 0.3) is 0 Å². The summed E-state index contributed by atoms with van der Waals surface area (Å²) in [7, 11) is 0. The van der Waals surface area contributed by atoms with Crippen LogP contribution in [0.15, 0.2) is 24.3 Å². The van der Waals surface area contributed by atoms with Gasteiger partial charge < -0.3 is 19.9 Å². The van der Waals surface area contributed by atoms with Crippen LogP contribution in [0, 0.1) is 0 Å². The fraction of sp³-hybridized carbons (Fsp3) is 0.600. The van der Waals surface area contributed by atoms with Gasteiger partial charge in [0.1, 0.15) is 0 Å². The Bertz CT molecular complexity index is 676. The van der Waals surface area contributed by atoms with Crippen molar-refractivity contribution in [2.24, 2.45) is 0 Å². The van der Waals surface area contributed by atoms with Crippen molar-refractivity contribution >= 4 is 40.5 Å². The average molecular weight is 425 g/mol. The first-order chi connectivity index (χ1) is 13.5. The molecule has 2 fully saturated rings.